The lowest BCUT2D eigenvalue weighted by Gasteiger charge is -2.42. The van der Waals surface area contributed by atoms with Gasteiger partial charge in [0.1, 0.15) is 5.82 Å². The third-order valence-corrected chi connectivity index (χ3v) is 6.59. The van der Waals surface area contributed by atoms with E-state index >= 15 is 0 Å². The number of nitrogen functional groups attached to an aromatic ring is 1. The first kappa shape index (κ1) is 31.4. The fourth-order valence-electron chi connectivity index (χ4n) is 4.54. The molecular formula is C30H35F4N5O2. The molecule has 1 aliphatic heterocycles. The molecule has 1 amide bonds. The molecule has 1 aromatic carbocycles. The number of anilines is 1. The molecule has 1 fully saturated rings. The van der Waals surface area contributed by atoms with Crippen LogP contribution in [0.15, 0.2) is 73.1 Å². The lowest BCUT2D eigenvalue weighted by Crippen LogP contribution is -2.56. The van der Waals surface area contributed by atoms with Crippen LogP contribution in [0.1, 0.15) is 49.7 Å². The number of piperidine rings is 1. The normalized spacial score (nSPS) is 18.3. The van der Waals surface area contributed by atoms with Crippen molar-refractivity contribution in [2.24, 2.45) is 0 Å². The van der Waals surface area contributed by atoms with E-state index in [1.165, 1.54) is 35.3 Å². The molecule has 1 aliphatic rings. The van der Waals surface area contributed by atoms with Crippen molar-refractivity contribution in [2.75, 3.05) is 18.8 Å². The molecule has 1 atom stereocenters. The van der Waals surface area contributed by atoms with Crippen LogP contribution in [0.5, 0.6) is 0 Å². The molecule has 0 spiro atoms. The maximum Gasteiger partial charge on any atom is 0.418 e. The topological polar surface area (TPSA) is 104 Å². The number of aliphatic hydroxyl groups is 1. The number of halogens is 4. The van der Waals surface area contributed by atoms with Crippen molar-refractivity contribution in [3.63, 3.8) is 0 Å². The molecule has 0 aliphatic carbocycles. The van der Waals surface area contributed by atoms with Crippen LogP contribution in [0.4, 0.5) is 23.2 Å². The molecule has 220 valence electrons. The van der Waals surface area contributed by atoms with E-state index in [1.54, 1.807) is 25.1 Å². The minimum atomic E-state index is -4.83. The molecule has 7 nitrogen and oxygen atoms in total. The fraction of sp³-hybridized carbons (Fsp3) is 0.333. The number of hydrogen-bond donors (Lipinski definition) is 4. The van der Waals surface area contributed by atoms with E-state index in [0.29, 0.717) is 11.3 Å². The van der Waals surface area contributed by atoms with Crippen molar-refractivity contribution < 1.29 is 27.5 Å². The van der Waals surface area contributed by atoms with Gasteiger partial charge >= 0.3 is 6.18 Å². The monoisotopic (exact) mass is 573 g/mol. The number of hydrogen-bond acceptors (Lipinski definition) is 6. The van der Waals surface area contributed by atoms with E-state index in [9.17, 15) is 27.5 Å². The van der Waals surface area contributed by atoms with Crippen LogP contribution in [0, 0.1) is 5.82 Å². The second kappa shape index (κ2) is 12.6. The molecule has 1 aromatic heterocycles. The highest BCUT2D eigenvalue weighted by atomic mass is 19.4. The van der Waals surface area contributed by atoms with E-state index in [-0.39, 0.29) is 53.0 Å². The number of rotatable bonds is 9. The molecule has 11 heteroatoms. The van der Waals surface area contributed by atoms with Crippen molar-refractivity contribution in [3.05, 3.63) is 90.2 Å². The number of β-amino-alcohol motifs (C(OH)–C–C–N with tert-alkyl or cyclic N) is 1. The van der Waals surface area contributed by atoms with Crippen LogP contribution >= 0.6 is 0 Å². The number of nitrogens with two attached hydrogens (primary N) is 1. The van der Waals surface area contributed by atoms with Crippen LogP contribution in [-0.2, 0) is 0 Å². The largest absolute Gasteiger partial charge is 0.418 e. The molecule has 3 rings (SSSR count). The molecule has 1 unspecified atom stereocenters. The van der Waals surface area contributed by atoms with Crippen molar-refractivity contribution in [1.29, 1.82) is 0 Å². The summed E-state index contributed by atoms with van der Waals surface area (Å²) >= 11 is 0. The zero-order chi connectivity index (χ0) is 30.5. The van der Waals surface area contributed by atoms with Crippen molar-refractivity contribution in [3.8, 4) is 11.3 Å². The predicted octanol–water partition coefficient (Wildman–Crippen LogP) is 5.53. The Bertz CT molecular complexity index is 1380. The molecule has 0 bridgehead atoms. The number of carbonyl (C=O) groups is 1. The van der Waals surface area contributed by atoms with Gasteiger partial charge in [0.25, 0.3) is 5.91 Å². The smallest absolute Gasteiger partial charge is 0.397 e. The van der Waals surface area contributed by atoms with Crippen molar-refractivity contribution >= 4 is 17.3 Å². The highest BCUT2D eigenvalue weighted by Crippen LogP contribution is 2.38. The van der Waals surface area contributed by atoms with Crippen LogP contribution in [-0.4, -0.2) is 51.8 Å². The molecule has 5 N–H and O–H groups in total. The van der Waals surface area contributed by atoms with Crippen LogP contribution in [0.3, 0.4) is 0 Å². The van der Waals surface area contributed by atoms with E-state index in [4.69, 9.17) is 5.73 Å². The minimum Gasteiger partial charge on any atom is -0.397 e. The third kappa shape index (κ3) is 7.15. The Balaban J connectivity index is 1.98. The number of likely N-dealkylation sites (tertiary alicyclic amines) is 1. The van der Waals surface area contributed by atoms with Gasteiger partial charge in [-0.05, 0) is 81.7 Å². The van der Waals surface area contributed by atoms with Crippen molar-refractivity contribution in [1.82, 2.24) is 20.5 Å². The van der Waals surface area contributed by atoms with E-state index in [0.717, 1.165) is 0 Å². The van der Waals surface area contributed by atoms with Gasteiger partial charge in [0, 0.05) is 23.8 Å². The van der Waals surface area contributed by atoms with Gasteiger partial charge in [0.05, 0.1) is 29.3 Å². The number of aromatic nitrogens is 1. The molecule has 2 heterocycles. The zero-order valence-electron chi connectivity index (χ0n) is 23.3. The number of pyridine rings is 1. The highest BCUT2D eigenvalue weighted by Gasteiger charge is 2.55. The summed E-state index contributed by atoms with van der Waals surface area (Å²) in [7, 11) is 0. The molecule has 0 saturated carbocycles. The van der Waals surface area contributed by atoms with Gasteiger partial charge < -0.3 is 26.4 Å². The van der Waals surface area contributed by atoms with Crippen LogP contribution in [0.2, 0.25) is 0 Å². The first-order valence-electron chi connectivity index (χ1n) is 13.1. The first-order valence-corrected chi connectivity index (χ1v) is 13.1. The van der Waals surface area contributed by atoms with Gasteiger partial charge in [-0.3, -0.25) is 4.79 Å². The minimum absolute atomic E-state index is 0.00844. The summed E-state index contributed by atoms with van der Waals surface area (Å²) in [5.74, 6) is -1.34. The fourth-order valence-corrected chi connectivity index (χ4v) is 4.54. The molecule has 2 aromatic rings. The van der Waals surface area contributed by atoms with Gasteiger partial charge in [-0.1, -0.05) is 19.2 Å². The third-order valence-electron chi connectivity index (χ3n) is 6.59. The highest BCUT2D eigenvalue weighted by molar-refractivity contribution is 5.99. The predicted molar refractivity (Wildman–Crippen MR) is 153 cm³/mol. The number of alkyl halides is 3. The summed E-state index contributed by atoms with van der Waals surface area (Å²) < 4.78 is 55.6. The van der Waals surface area contributed by atoms with Gasteiger partial charge in [-0.2, -0.15) is 13.2 Å². The SMILES string of the molecule is C=C/C(NC(=O)c1nc(-c2cc(C(=C)NC(C)C)ccc2F)ccc1N)=C(\C=C/C)N1CCCC(O)(C(F)(F)F)C1. The quantitative estimate of drug-likeness (QED) is 0.232. The number of nitrogens with one attached hydrogen (secondary N) is 2. The van der Waals surface area contributed by atoms with E-state index in [2.05, 4.69) is 28.8 Å². The number of nitrogens with zero attached hydrogens (tertiary/aromatic N) is 2. The van der Waals surface area contributed by atoms with Gasteiger partial charge in [0.15, 0.2) is 11.3 Å². The molecule has 41 heavy (non-hydrogen) atoms. The summed E-state index contributed by atoms with van der Waals surface area (Å²) in [5, 5.41) is 16.1. The second-order valence-electron chi connectivity index (χ2n) is 10.1. The summed E-state index contributed by atoms with van der Waals surface area (Å²) in [5.41, 5.74) is 4.75. The molecule has 1 saturated heterocycles. The lowest BCUT2D eigenvalue weighted by atomic mass is 9.91. The Hall–Kier alpha value is -4.12. The Morgan fingerprint density at radius 2 is 1.98 bits per heavy atom. The summed E-state index contributed by atoms with van der Waals surface area (Å²) in [6.07, 6.45) is -0.784. The number of allylic oxidation sites excluding steroid dienone is 3. The summed E-state index contributed by atoms with van der Waals surface area (Å²) in [6.45, 7) is 12.7. The van der Waals surface area contributed by atoms with Gasteiger partial charge in [-0.25, -0.2) is 9.37 Å². The van der Waals surface area contributed by atoms with Crippen LogP contribution in [0.25, 0.3) is 17.0 Å². The Labute approximate surface area is 237 Å². The number of benzene rings is 1. The van der Waals surface area contributed by atoms with Gasteiger partial charge in [-0.15, -0.1) is 0 Å². The maximum atomic E-state index is 14.9. The average molecular weight is 574 g/mol. The Morgan fingerprint density at radius 3 is 2.59 bits per heavy atom. The first-order chi connectivity index (χ1) is 19.2. The second-order valence-corrected chi connectivity index (χ2v) is 10.1. The zero-order valence-corrected chi connectivity index (χ0v) is 23.3. The Morgan fingerprint density at radius 1 is 1.27 bits per heavy atom. The Kier molecular flexibility index (Phi) is 9.65. The summed E-state index contributed by atoms with van der Waals surface area (Å²) in [6, 6.07) is 7.42. The maximum absolute atomic E-state index is 14.9. The van der Waals surface area contributed by atoms with Crippen molar-refractivity contribution in [2.45, 2.75) is 51.4 Å². The number of amides is 1. The standard InChI is InChI=1S/C30H35F4N5O2/c1-6-9-26(39-15-8-14-29(41,17-39)30(32,33)34)24(7-2)38-28(40)27-23(35)12-13-25(37-27)21-16-20(10-11-22(21)31)19(5)36-18(3)4/h6-7,9-13,16,18,36,41H,2,5,8,14-15,17,35H2,1,3-4H3,(H,38,40)/b9-6-,26-24-. The van der Waals surface area contributed by atoms with Gasteiger partial charge in [0.2, 0.25) is 0 Å². The van der Waals surface area contributed by atoms with Crippen LogP contribution < -0.4 is 16.4 Å². The molecule has 0 radical (unpaired) electrons. The number of carbonyl (C=O) groups excluding carboxylic acids is 1. The van der Waals surface area contributed by atoms with E-state index in [1.807, 2.05) is 13.8 Å². The summed E-state index contributed by atoms with van der Waals surface area (Å²) in [4.78, 5) is 19.0. The van der Waals surface area contributed by atoms with E-state index < -0.39 is 36.5 Å². The lowest BCUT2D eigenvalue weighted by molar-refractivity contribution is -0.272. The molecular weight excluding hydrogens is 538 g/mol. The average Bonchev–Trinajstić information content (AvgIpc) is 2.90.